The van der Waals surface area contributed by atoms with E-state index in [4.69, 9.17) is 0 Å². The Morgan fingerprint density at radius 3 is 1.27 bits per heavy atom. The van der Waals surface area contributed by atoms with Gasteiger partial charge in [-0.05, 0) is 5.92 Å². The van der Waals surface area contributed by atoms with Crippen LogP contribution in [0.3, 0.4) is 0 Å². The Hall–Kier alpha value is 0.922. The van der Waals surface area contributed by atoms with Gasteiger partial charge < -0.3 is 0 Å². The van der Waals surface area contributed by atoms with Crippen molar-refractivity contribution >= 4 is 25.8 Å². The van der Waals surface area contributed by atoms with E-state index in [-0.39, 0.29) is 0 Å². The summed E-state index contributed by atoms with van der Waals surface area (Å²) < 4.78 is 1.19. The topological polar surface area (TPSA) is 0 Å². The van der Waals surface area contributed by atoms with E-state index in [1.165, 1.54) is 42.1 Å². The van der Waals surface area contributed by atoms with Gasteiger partial charge in [-0.15, -0.1) is 0 Å². The van der Waals surface area contributed by atoms with Gasteiger partial charge in [0.05, 0.1) is 0 Å². The van der Waals surface area contributed by atoms with Crippen molar-refractivity contribution in [3.8, 4) is 0 Å². The van der Waals surface area contributed by atoms with Gasteiger partial charge >= 0.3 is 130 Å². The summed E-state index contributed by atoms with van der Waals surface area (Å²) >= 11 is 1.25. The minimum atomic E-state index is 1.02. The van der Waals surface area contributed by atoms with Gasteiger partial charge in [0, 0.05) is 0 Å². The molecule has 0 N–H and O–H groups in total. The summed E-state index contributed by atoms with van der Waals surface area (Å²) in [5.41, 5.74) is 0. The minimum Gasteiger partial charge on any atom is -0.0504 e. The van der Waals surface area contributed by atoms with E-state index in [2.05, 4.69) is 6.92 Å². The van der Waals surface area contributed by atoms with E-state index in [9.17, 15) is 0 Å². The van der Waals surface area contributed by atoms with E-state index in [0.717, 1.165) is 29.6 Å². The molecule has 0 spiro atoms. The van der Waals surface area contributed by atoms with Crippen LogP contribution >= 0.6 is 0 Å². The van der Waals surface area contributed by atoms with E-state index in [1.807, 2.05) is 0 Å². The van der Waals surface area contributed by atoms with Gasteiger partial charge in [0.25, 0.3) is 0 Å². The summed E-state index contributed by atoms with van der Waals surface area (Å²) in [5, 5.41) is 0. The van der Waals surface area contributed by atoms with Crippen molar-refractivity contribution in [3.63, 3.8) is 0 Å². The van der Waals surface area contributed by atoms with Crippen LogP contribution < -0.4 is 0 Å². The van der Waals surface area contributed by atoms with Crippen molar-refractivity contribution in [2.45, 2.75) is 100 Å². The predicted octanol–water partition coefficient (Wildman–Crippen LogP) is 6.28. The fourth-order valence-corrected chi connectivity index (χ4v) is 7.13. The standard InChI is InChI=1S/C21H37.Pb.H/c1-17-7-9-19(10-8-17)16-21-13-11-20(12-14-21)15-18-5-3-2-4-6-18;;/h2,17-21H,3-16H2,1H3;;. The second-order valence-electron chi connectivity index (χ2n) is 9.26. The summed E-state index contributed by atoms with van der Waals surface area (Å²) in [6, 6.07) is 0. The molecule has 0 aromatic rings. The van der Waals surface area contributed by atoms with Crippen LogP contribution in [0.1, 0.15) is 96.8 Å². The molecule has 3 aliphatic rings. The second-order valence-corrected chi connectivity index (χ2v) is 12.9. The second kappa shape index (κ2) is 8.85. The third kappa shape index (κ3) is 5.48. The molecule has 0 bridgehead atoms. The first-order valence-corrected chi connectivity index (χ1v) is 13.0. The van der Waals surface area contributed by atoms with Gasteiger partial charge in [0.2, 0.25) is 0 Å². The molecule has 3 aliphatic carbocycles. The fraction of sp³-hybridized carbons (Fsp3) is 1.00. The monoisotopic (exact) mass is 498 g/mol. The Balaban J connectivity index is 1.32. The first kappa shape index (κ1) is 17.7. The minimum absolute atomic E-state index is 1.02. The van der Waals surface area contributed by atoms with E-state index in [0.29, 0.717) is 0 Å². The molecular formula is C21H38Pb. The van der Waals surface area contributed by atoms with Crippen LogP contribution in [0.4, 0.5) is 0 Å². The van der Waals surface area contributed by atoms with Crippen molar-refractivity contribution in [3.05, 3.63) is 0 Å². The summed E-state index contributed by atoms with van der Waals surface area (Å²) in [7, 11) is 0. The van der Waals surface area contributed by atoms with Crippen molar-refractivity contribution in [1.82, 2.24) is 0 Å². The number of hydrogen-bond acceptors (Lipinski definition) is 0. The Labute approximate surface area is 155 Å². The zero-order valence-electron chi connectivity index (χ0n) is 14.9. The van der Waals surface area contributed by atoms with Gasteiger partial charge in [-0.2, -0.15) is 0 Å². The van der Waals surface area contributed by atoms with Crippen LogP contribution in [0.5, 0.6) is 0 Å². The molecule has 0 saturated heterocycles. The van der Waals surface area contributed by atoms with Crippen molar-refractivity contribution in [1.29, 1.82) is 0 Å². The van der Waals surface area contributed by atoms with Gasteiger partial charge in [-0.25, -0.2) is 0 Å². The van der Waals surface area contributed by atoms with Gasteiger partial charge in [-0.1, -0.05) is 19.8 Å². The molecule has 1 heteroatoms. The van der Waals surface area contributed by atoms with Crippen LogP contribution in [0.25, 0.3) is 0 Å². The molecule has 0 nitrogen and oxygen atoms in total. The zero-order valence-corrected chi connectivity index (χ0v) is 19.4. The molecule has 3 rings (SSSR count). The van der Waals surface area contributed by atoms with Crippen LogP contribution in [0.15, 0.2) is 0 Å². The summed E-state index contributed by atoms with van der Waals surface area (Å²) in [4.78, 5) is 0. The summed E-state index contributed by atoms with van der Waals surface area (Å²) in [5.74, 6) is 5.46. The quantitative estimate of drug-likeness (QED) is 0.401. The Morgan fingerprint density at radius 1 is 0.545 bits per heavy atom. The Morgan fingerprint density at radius 2 is 0.864 bits per heavy atom. The first-order valence-electron chi connectivity index (χ1n) is 10.4. The van der Waals surface area contributed by atoms with Crippen LogP contribution in [0.2, 0.25) is 3.48 Å². The van der Waals surface area contributed by atoms with Crippen molar-refractivity contribution in [2.75, 3.05) is 0 Å². The summed E-state index contributed by atoms with van der Waals surface area (Å²) in [6.07, 6.45) is 22.0. The normalized spacial score (nSPS) is 43.9. The maximum atomic E-state index is 2.45. The molecule has 0 aliphatic heterocycles. The Kier molecular flexibility index (Phi) is 7.14. The SMILES string of the molecule is CC1CCC(CC2CCC(CC3CC[CH]([PbH])CC3)CC2)CC1. The molecule has 2 radical (unpaired) electrons. The summed E-state index contributed by atoms with van der Waals surface area (Å²) in [6.45, 7) is 2.45. The third-order valence-corrected chi connectivity index (χ3v) is 9.92. The van der Waals surface area contributed by atoms with Crippen LogP contribution in [0, 0.1) is 29.6 Å². The van der Waals surface area contributed by atoms with E-state index >= 15 is 0 Å². The molecule has 0 aromatic heterocycles. The average molecular weight is 498 g/mol. The number of rotatable bonds is 4. The van der Waals surface area contributed by atoms with Gasteiger partial charge in [-0.3, -0.25) is 0 Å². The molecular weight excluding hydrogens is 459 g/mol. The predicted molar refractivity (Wildman–Crippen MR) is 98.7 cm³/mol. The Bertz CT molecular complexity index is 270. The molecule has 0 aromatic carbocycles. The molecule has 0 atom stereocenters. The van der Waals surface area contributed by atoms with E-state index < -0.39 is 0 Å². The van der Waals surface area contributed by atoms with Crippen LogP contribution in [-0.4, -0.2) is 25.8 Å². The molecule has 126 valence electrons. The molecule has 3 saturated carbocycles. The zero-order chi connectivity index (χ0) is 15.4. The molecule has 0 amide bonds. The van der Waals surface area contributed by atoms with E-state index in [1.54, 1.807) is 77.0 Å². The maximum absolute atomic E-state index is 2.45. The van der Waals surface area contributed by atoms with Crippen molar-refractivity contribution in [2.24, 2.45) is 29.6 Å². The van der Waals surface area contributed by atoms with Crippen molar-refractivity contribution < 1.29 is 0 Å². The fourth-order valence-electron chi connectivity index (χ4n) is 5.63. The molecule has 3 fully saturated rings. The third-order valence-electron chi connectivity index (χ3n) is 7.33. The average Bonchev–Trinajstić information content (AvgIpc) is 2.54. The number of hydrogen-bond donors (Lipinski definition) is 0. The molecule has 22 heavy (non-hydrogen) atoms. The molecule has 0 heterocycles. The first-order chi connectivity index (χ1) is 10.7. The van der Waals surface area contributed by atoms with Gasteiger partial charge in [0.1, 0.15) is 0 Å². The van der Waals surface area contributed by atoms with Crippen LogP contribution in [-0.2, 0) is 0 Å². The smallest absolute Gasteiger partial charge is 0.0504 e. The molecule has 0 unspecified atom stereocenters. The van der Waals surface area contributed by atoms with Gasteiger partial charge in [0.15, 0.2) is 0 Å².